The van der Waals surface area contributed by atoms with Gasteiger partial charge in [0.05, 0.1) is 5.39 Å². The van der Waals surface area contributed by atoms with Crippen LogP contribution in [0, 0.1) is 6.92 Å². The molecule has 0 saturated heterocycles. The van der Waals surface area contributed by atoms with Crippen molar-refractivity contribution in [3.05, 3.63) is 17.8 Å². The fourth-order valence-electron chi connectivity index (χ4n) is 1.27. The zero-order chi connectivity index (χ0) is 10.8. The molecule has 0 aliphatic heterocycles. The molecule has 0 bridgehead atoms. The highest BCUT2D eigenvalue weighted by Crippen LogP contribution is 2.18. The minimum atomic E-state index is 0.531. The van der Waals surface area contributed by atoms with Crippen molar-refractivity contribution in [1.29, 1.82) is 0 Å². The lowest BCUT2D eigenvalue weighted by molar-refractivity contribution is 1.09. The largest absolute Gasteiger partial charge is 0.365 e. The van der Waals surface area contributed by atoms with Crippen LogP contribution in [0.4, 0.5) is 5.82 Å². The highest BCUT2D eigenvalue weighted by atomic mass is 32.1. The van der Waals surface area contributed by atoms with Gasteiger partial charge in [-0.25, -0.2) is 4.98 Å². The topological polar surface area (TPSA) is 65.6 Å². The molecular formula is C9H11N5S. The highest BCUT2D eigenvalue weighted by Gasteiger charge is 2.06. The second-order valence-corrected chi connectivity index (χ2v) is 3.53. The van der Waals surface area contributed by atoms with Crippen LogP contribution >= 0.6 is 12.2 Å². The standard InChI is InChI=1S/C9H11N5S/c1-5-3-4-6-7(11-5)13-14-8(6)12-9(15)10-2/h3-4H,1-2H3,(H3,10,11,12,13,14,15). The molecule has 2 aromatic heterocycles. The van der Waals surface area contributed by atoms with Crippen LogP contribution in [0.1, 0.15) is 5.69 Å². The average Bonchev–Trinajstić information content (AvgIpc) is 2.60. The maximum Gasteiger partial charge on any atom is 0.171 e. The maximum atomic E-state index is 5.00. The van der Waals surface area contributed by atoms with Crippen LogP contribution in [0.25, 0.3) is 11.0 Å². The van der Waals surface area contributed by atoms with Crippen LogP contribution in [0.15, 0.2) is 12.1 Å². The van der Waals surface area contributed by atoms with Gasteiger partial charge in [-0.1, -0.05) is 0 Å². The molecule has 15 heavy (non-hydrogen) atoms. The van der Waals surface area contributed by atoms with Crippen LogP contribution in [-0.2, 0) is 0 Å². The molecule has 0 aliphatic carbocycles. The highest BCUT2D eigenvalue weighted by molar-refractivity contribution is 7.80. The number of hydrogen-bond acceptors (Lipinski definition) is 3. The lowest BCUT2D eigenvalue weighted by Gasteiger charge is -2.03. The molecule has 5 nitrogen and oxygen atoms in total. The number of hydrogen-bond donors (Lipinski definition) is 3. The number of pyridine rings is 1. The van der Waals surface area contributed by atoms with E-state index in [0.29, 0.717) is 10.9 Å². The number of aryl methyl sites for hydroxylation is 1. The number of fused-ring (bicyclic) bond motifs is 1. The number of anilines is 1. The summed E-state index contributed by atoms with van der Waals surface area (Å²) in [6.07, 6.45) is 0. The summed E-state index contributed by atoms with van der Waals surface area (Å²) in [7, 11) is 1.76. The van der Waals surface area contributed by atoms with Crippen molar-refractivity contribution in [3.63, 3.8) is 0 Å². The van der Waals surface area contributed by atoms with E-state index in [9.17, 15) is 0 Å². The third kappa shape index (κ3) is 1.89. The summed E-state index contributed by atoms with van der Waals surface area (Å²) in [5.74, 6) is 0.692. The van der Waals surface area contributed by atoms with Crippen LogP contribution < -0.4 is 10.6 Å². The van der Waals surface area contributed by atoms with Gasteiger partial charge in [0.2, 0.25) is 0 Å². The van der Waals surface area contributed by atoms with Crippen molar-refractivity contribution >= 4 is 34.2 Å². The van der Waals surface area contributed by atoms with Crippen LogP contribution in [0.5, 0.6) is 0 Å². The van der Waals surface area contributed by atoms with Gasteiger partial charge in [-0.2, -0.15) is 5.10 Å². The first-order valence-electron chi connectivity index (χ1n) is 4.51. The first kappa shape index (κ1) is 9.85. The van der Waals surface area contributed by atoms with Gasteiger partial charge >= 0.3 is 0 Å². The molecule has 0 fully saturated rings. The van der Waals surface area contributed by atoms with E-state index in [1.165, 1.54) is 0 Å². The van der Waals surface area contributed by atoms with E-state index in [1.807, 2.05) is 19.1 Å². The smallest absolute Gasteiger partial charge is 0.171 e. The molecule has 0 amide bonds. The molecule has 0 aliphatic rings. The lowest BCUT2D eigenvalue weighted by atomic mass is 10.3. The van der Waals surface area contributed by atoms with E-state index >= 15 is 0 Å². The van der Waals surface area contributed by atoms with E-state index < -0.39 is 0 Å². The van der Waals surface area contributed by atoms with Gasteiger partial charge in [0.25, 0.3) is 0 Å². The van der Waals surface area contributed by atoms with E-state index in [1.54, 1.807) is 7.05 Å². The van der Waals surface area contributed by atoms with Crippen LogP contribution in [-0.4, -0.2) is 27.3 Å². The summed E-state index contributed by atoms with van der Waals surface area (Å²) in [5, 5.41) is 14.2. The van der Waals surface area contributed by atoms with Gasteiger partial charge < -0.3 is 10.6 Å². The molecule has 2 rings (SSSR count). The molecule has 6 heteroatoms. The number of H-pyrrole nitrogens is 1. The fraction of sp³-hybridized carbons (Fsp3) is 0.222. The van der Waals surface area contributed by atoms with Gasteiger partial charge in [-0.3, -0.25) is 5.10 Å². The Hall–Kier alpha value is -1.69. The van der Waals surface area contributed by atoms with Gasteiger partial charge in [0, 0.05) is 12.7 Å². The minimum Gasteiger partial charge on any atom is -0.365 e. The Morgan fingerprint density at radius 3 is 3.00 bits per heavy atom. The Morgan fingerprint density at radius 2 is 2.27 bits per heavy atom. The zero-order valence-corrected chi connectivity index (χ0v) is 9.27. The molecule has 0 spiro atoms. The molecule has 0 radical (unpaired) electrons. The maximum absolute atomic E-state index is 5.00. The molecule has 0 unspecified atom stereocenters. The number of aromatic nitrogens is 3. The van der Waals surface area contributed by atoms with Crippen molar-refractivity contribution in [1.82, 2.24) is 20.5 Å². The predicted octanol–water partition coefficient (Wildman–Crippen LogP) is 1.18. The number of thiocarbonyl (C=S) groups is 1. The van der Waals surface area contributed by atoms with E-state index in [0.717, 1.165) is 16.7 Å². The first-order chi connectivity index (χ1) is 7.20. The van der Waals surface area contributed by atoms with E-state index in [2.05, 4.69) is 25.8 Å². The fourth-order valence-corrected chi connectivity index (χ4v) is 1.36. The average molecular weight is 221 g/mol. The number of aromatic amines is 1. The monoisotopic (exact) mass is 221 g/mol. The second kappa shape index (κ2) is 3.82. The molecule has 0 aromatic carbocycles. The lowest BCUT2D eigenvalue weighted by Crippen LogP contribution is -2.24. The molecule has 2 heterocycles. The van der Waals surface area contributed by atoms with Crippen LogP contribution in [0.2, 0.25) is 0 Å². The molecule has 0 saturated carbocycles. The van der Waals surface area contributed by atoms with Crippen molar-refractivity contribution in [2.75, 3.05) is 12.4 Å². The van der Waals surface area contributed by atoms with Gasteiger partial charge in [-0.15, -0.1) is 0 Å². The van der Waals surface area contributed by atoms with Gasteiger partial charge in [0.1, 0.15) is 0 Å². The van der Waals surface area contributed by atoms with E-state index in [-0.39, 0.29) is 0 Å². The SMILES string of the molecule is CNC(=S)Nc1n[nH]c2nc(C)ccc12. The summed E-state index contributed by atoms with van der Waals surface area (Å²) in [5.41, 5.74) is 1.71. The van der Waals surface area contributed by atoms with E-state index in [4.69, 9.17) is 12.2 Å². The van der Waals surface area contributed by atoms with Crippen LogP contribution in [0.3, 0.4) is 0 Å². The van der Waals surface area contributed by atoms with Crippen molar-refractivity contribution in [3.8, 4) is 0 Å². The second-order valence-electron chi connectivity index (χ2n) is 3.13. The summed E-state index contributed by atoms with van der Waals surface area (Å²) >= 11 is 5.00. The third-order valence-corrected chi connectivity index (χ3v) is 2.33. The summed E-state index contributed by atoms with van der Waals surface area (Å²) in [6, 6.07) is 3.90. The molecular weight excluding hydrogens is 210 g/mol. The Balaban J connectivity index is 2.41. The first-order valence-corrected chi connectivity index (χ1v) is 4.92. The van der Waals surface area contributed by atoms with Gasteiger partial charge in [0.15, 0.2) is 16.6 Å². The summed E-state index contributed by atoms with van der Waals surface area (Å²) < 4.78 is 0. The van der Waals surface area contributed by atoms with Gasteiger partial charge in [-0.05, 0) is 31.3 Å². The molecule has 0 atom stereocenters. The Morgan fingerprint density at radius 1 is 1.47 bits per heavy atom. The molecule has 3 N–H and O–H groups in total. The quantitative estimate of drug-likeness (QED) is 0.631. The van der Waals surface area contributed by atoms with Crippen molar-refractivity contribution < 1.29 is 0 Å². The summed E-state index contributed by atoms with van der Waals surface area (Å²) in [6.45, 7) is 1.94. The Bertz CT molecular complexity index is 504. The zero-order valence-electron chi connectivity index (χ0n) is 8.46. The Kier molecular flexibility index (Phi) is 2.51. The van der Waals surface area contributed by atoms with Crippen molar-refractivity contribution in [2.45, 2.75) is 6.92 Å². The van der Waals surface area contributed by atoms with Crippen molar-refractivity contribution in [2.24, 2.45) is 0 Å². The third-order valence-electron chi connectivity index (χ3n) is 2.02. The Labute approximate surface area is 92.3 Å². The summed E-state index contributed by atoms with van der Waals surface area (Å²) in [4.78, 5) is 4.31. The normalized spacial score (nSPS) is 10.3. The molecule has 78 valence electrons. The number of rotatable bonds is 1. The molecule has 2 aromatic rings. The number of nitrogens with one attached hydrogen (secondary N) is 3. The predicted molar refractivity (Wildman–Crippen MR) is 63.9 cm³/mol. The number of nitrogens with zero attached hydrogens (tertiary/aromatic N) is 2. The minimum absolute atomic E-state index is 0.531.